The highest BCUT2D eigenvalue weighted by molar-refractivity contribution is 6.32. The van der Waals surface area contributed by atoms with Crippen molar-refractivity contribution in [2.75, 3.05) is 0 Å². The van der Waals surface area contributed by atoms with Gasteiger partial charge in [-0.05, 0) is 23.8 Å². The van der Waals surface area contributed by atoms with Crippen LogP contribution in [0.4, 0.5) is 0 Å². The summed E-state index contributed by atoms with van der Waals surface area (Å²) < 4.78 is 6.24. The van der Waals surface area contributed by atoms with Crippen molar-refractivity contribution in [3.8, 4) is 0 Å². The van der Waals surface area contributed by atoms with Crippen LogP contribution in [-0.2, 0) is 16.4 Å². The maximum Gasteiger partial charge on any atom is 0.147 e. The third-order valence-electron chi connectivity index (χ3n) is 4.36. The summed E-state index contributed by atoms with van der Waals surface area (Å²) in [4.78, 5) is 0. The first-order valence-corrected chi connectivity index (χ1v) is 9.82. The van der Waals surface area contributed by atoms with Crippen LogP contribution < -0.4 is 0 Å². The van der Waals surface area contributed by atoms with Crippen molar-refractivity contribution in [3.63, 3.8) is 0 Å². The normalized spacial score (nSPS) is 11.6. The highest BCUT2D eigenvalue weighted by Crippen LogP contribution is 2.43. The molecule has 0 aromatic heterocycles. The molecule has 1 nitrogen and oxygen atoms in total. The zero-order chi connectivity index (χ0) is 17.9. The number of benzene rings is 3. The van der Waals surface area contributed by atoms with Crippen LogP contribution in [0.5, 0.6) is 0 Å². The summed E-state index contributed by atoms with van der Waals surface area (Å²) in [6.45, 7) is 0. The lowest BCUT2D eigenvalue weighted by Gasteiger charge is -2.36. The Hall–Kier alpha value is -1.29. The van der Waals surface area contributed by atoms with Crippen LogP contribution >= 0.6 is 34.8 Å². The first kappa shape index (κ1) is 18.5. The molecule has 0 amide bonds. The van der Waals surface area contributed by atoms with Gasteiger partial charge in [0.1, 0.15) is 16.1 Å². The lowest BCUT2D eigenvalue weighted by atomic mass is 9.81. The van der Waals surface area contributed by atoms with Gasteiger partial charge in [-0.3, -0.25) is 0 Å². The van der Waals surface area contributed by atoms with Crippen LogP contribution in [0.3, 0.4) is 0 Å². The van der Waals surface area contributed by atoms with Crippen molar-refractivity contribution in [1.82, 2.24) is 0 Å². The van der Waals surface area contributed by atoms with Crippen molar-refractivity contribution in [2.24, 2.45) is 0 Å². The van der Waals surface area contributed by atoms with E-state index in [1.807, 2.05) is 72.8 Å². The molecule has 0 heterocycles. The molecule has 0 N–H and O–H groups in total. The molecule has 0 aliphatic carbocycles. The molecule has 0 aliphatic rings. The molecule has 0 atom stereocenters. The van der Waals surface area contributed by atoms with Gasteiger partial charge >= 0.3 is 0 Å². The minimum absolute atomic E-state index is 0.510. The molecule has 3 aromatic carbocycles. The smallest absolute Gasteiger partial charge is 0.147 e. The second kappa shape index (κ2) is 7.94. The Labute approximate surface area is 166 Å². The third kappa shape index (κ3) is 3.64. The molecular weight excluding hydrogens is 391 g/mol. The largest absolute Gasteiger partial charge is 0.414 e. The first-order valence-electron chi connectivity index (χ1n) is 7.87. The van der Waals surface area contributed by atoms with Crippen molar-refractivity contribution < 1.29 is 4.43 Å². The van der Waals surface area contributed by atoms with Gasteiger partial charge < -0.3 is 4.43 Å². The molecule has 0 bridgehead atoms. The number of rotatable bonds is 5. The molecule has 3 aromatic rings. The Morgan fingerprint density at radius 2 is 1.12 bits per heavy atom. The molecule has 0 saturated carbocycles. The Kier molecular flexibility index (Phi) is 5.88. The minimum atomic E-state index is -0.784. The van der Waals surface area contributed by atoms with Crippen molar-refractivity contribution in [2.45, 2.75) is 12.0 Å². The molecular formula is C20H17Cl3OSi. The molecule has 0 radical (unpaired) electrons. The van der Waals surface area contributed by atoms with Crippen molar-refractivity contribution in [1.29, 1.82) is 0 Å². The molecule has 25 heavy (non-hydrogen) atoms. The van der Waals surface area contributed by atoms with Gasteiger partial charge in [0.25, 0.3) is 0 Å². The summed E-state index contributed by atoms with van der Waals surface area (Å²) in [5.74, 6) is 0. The zero-order valence-corrected chi connectivity index (χ0v) is 17.9. The quantitative estimate of drug-likeness (QED) is 0.512. The van der Waals surface area contributed by atoms with E-state index in [0.29, 0.717) is 32.0 Å². The van der Waals surface area contributed by atoms with Gasteiger partial charge in [-0.2, -0.15) is 0 Å². The molecule has 0 saturated heterocycles. The van der Waals surface area contributed by atoms with E-state index in [4.69, 9.17) is 39.2 Å². The second-order valence-electron chi connectivity index (χ2n) is 5.76. The number of halogens is 3. The van der Waals surface area contributed by atoms with Gasteiger partial charge in [-0.1, -0.05) is 89.4 Å². The van der Waals surface area contributed by atoms with Gasteiger partial charge in [-0.15, -0.1) is 0 Å². The van der Waals surface area contributed by atoms with E-state index in [0.717, 1.165) is 16.7 Å². The molecule has 0 unspecified atom stereocenters. The zero-order valence-electron chi connectivity index (χ0n) is 13.7. The summed E-state index contributed by atoms with van der Waals surface area (Å²) in [5, 5.41) is 1.99. The molecule has 128 valence electrons. The first-order chi connectivity index (χ1) is 12.1. The van der Waals surface area contributed by atoms with Crippen molar-refractivity contribution >= 4 is 45.3 Å². The van der Waals surface area contributed by atoms with E-state index in [9.17, 15) is 0 Å². The van der Waals surface area contributed by atoms with Crippen LogP contribution in [0.2, 0.25) is 15.1 Å². The minimum Gasteiger partial charge on any atom is -0.414 e. The lowest BCUT2D eigenvalue weighted by molar-refractivity contribution is 0.126. The van der Waals surface area contributed by atoms with Gasteiger partial charge in [-0.25, -0.2) is 0 Å². The molecule has 0 spiro atoms. The maximum absolute atomic E-state index is 6.55. The SMILES string of the molecule is [SiH3]OC(Cc1ccccc1Cl)(c1ccccc1Cl)c1ccccc1Cl. The van der Waals surface area contributed by atoms with E-state index in [1.165, 1.54) is 0 Å². The topological polar surface area (TPSA) is 9.23 Å². The van der Waals surface area contributed by atoms with E-state index >= 15 is 0 Å². The summed E-state index contributed by atoms with van der Waals surface area (Å²) in [5.41, 5.74) is 1.98. The monoisotopic (exact) mass is 406 g/mol. The fourth-order valence-corrected chi connectivity index (χ4v) is 4.48. The van der Waals surface area contributed by atoms with Crippen LogP contribution in [0.1, 0.15) is 16.7 Å². The average molecular weight is 408 g/mol. The predicted molar refractivity (Wildman–Crippen MR) is 110 cm³/mol. The standard InChI is InChI=1S/C20H17Cl3OSi/c21-17-10-4-1-7-14(17)13-20(24-25,15-8-2-5-11-18(15)22)16-9-3-6-12-19(16)23/h1-12H,13H2,25H3. The van der Waals surface area contributed by atoms with Gasteiger partial charge in [0.05, 0.1) is 0 Å². The highest BCUT2D eigenvalue weighted by atomic mass is 35.5. The predicted octanol–water partition coefficient (Wildman–Crippen LogP) is 5.43. The second-order valence-corrected chi connectivity index (χ2v) is 7.39. The van der Waals surface area contributed by atoms with Crippen LogP contribution in [-0.4, -0.2) is 10.5 Å². The van der Waals surface area contributed by atoms with Crippen LogP contribution in [0.25, 0.3) is 0 Å². The Morgan fingerprint density at radius 1 is 0.680 bits per heavy atom. The summed E-state index contributed by atoms with van der Waals surface area (Å²) in [7, 11) is 0.510. The van der Waals surface area contributed by atoms with Gasteiger partial charge in [0, 0.05) is 32.6 Å². The number of hydrogen-bond donors (Lipinski definition) is 0. The van der Waals surface area contributed by atoms with E-state index in [2.05, 4.69) is 0 Å². The summed E-state index contributed by atoms with van der Waals surface area (Å²) in [6, 6.07) is 23.2. The van der Waals surface area contributed by atoms with Gasteiger partial charge in [0.2, 0.25) is 0 Å². The Balaban J connectivity index is 2.26. The summed E-state index contributed by atoms with van der Waals surface area (Å²) >= 11 is 19.5. The van der Waals surface area contributed by atoms with Crippen molar-refractivity contribution in [3.05, 3.63) is 105 Å². The number of hydrogen-bond acceptors (Lipinski definition) is 1. The van der Waals surface area contributed by atoms with E-state index < -0.39 is 5.60 Å². The lowest BCUT2D eigenvalue weighted by Crippen LogP contribution is -2.34. The molecule has 0 aliphatic heterocycles. The van der Waals surface area contributed by atoms with Crippen LogP contribution in [0, 0.1) is 0 Å². The highest BCUT2D eigenvalue weighted by Gasteiger charge is 2.37. The van der Waals surface area contributed by atoms with Crippen LogP contribution in [0.15, 0.2) is 72.8 Å². The molecule has 3 rings (SSSR count). The molecule has 5 heteroatoms. The Bertz CT molecular complexity index is 837. The molecule has 0 fully saturated rings. The Morgan fingerprint density at radius 3 is 1.56 bits per heavy atom. The fraction of sp³-hybridized carbons (Fsp3) is 0.100. The van der Waals surface area contributed by atoms with E-state index in [-0.39, 0.29) is 0 Å². The average Bonchev–Trinajstić information content (AvgIpc) is 2.63. The fourth-order valence-electron chi connectivity index (χ4n) is 3.12. The third-order valence-corrected chi connectivity index (χ3v) is 6.09. The summed E-state index contributed by atoms with van der Waals surface area (Å²) in [6.07, 6.45) is 0.545. The maximum atomic E-state index is 6.55. The van der Waals surface area contributed by atoms with E-state index in [1.54, 1.807) is 0 Å². The van der Waals surface area contributed by atoms with Gasteiger partial charge in [0.15, 0.2) is 0 Å².